The summed E-state index contributed by atoms with van der Waals surface area (Å²) in [5, 5.41) is 3.53. The molecule has 1 N–H and O–H groups in total. The molecule has 1 fully saturated rings. The molecule has 156 valence electrons. The maximum Gasteiger partial charge on any atom is 0.194 e. The van der Waals surface area contributed by atoms with E-state index in [1.165, 1.54) is 16.7 Å². The first-order valence-electron chi connectivity index (χ1n) is 10.6. The van der Waals surface area contributed by atoms with Crippen molar-refractivity contribution >= 4 is 5.96 Å². The molecular weight excluding hydrogens is 372 g/mol. The lowest BCUT2D eigenvalue weighted by atomic mass is 10.1. The topological polar surface area (TPSA) is 48.7 Å². The number of hydrogen-bond acceptors (Lipinski definition) is 3. The molecule has 0 bridgehead atoms. The van der Waals surface area contributed by atoms with Crippen LogP contribution in [0, 0.1) is 0 Å². The van der Waals surface area contributed by atoms with Gasteiger partial charge in [-0.2, -0.15) is 0 Å². The summed E-state index contributed by atoms with van der Waals surface area (Å²) in [6, 6.07) is 19.4. The highest BCUT2D eigenvalue weighted by molar-refractivity contribution is 5.80. The molecule has 0 unspecified atom stereocenters. The van der Waals surface area contributed by atoms with Gasteiger partial charge in [0.15, 0.2) is 5.96 Å². The molecule has 0 atom stereocenters. The molecule has 0 spiro atoms. The first-order valence-corrected chi connectivity index (χ1v) is 10.6. The summed E-state index contributed by atoms with van der Waals surface area (Å²) < 4.78 is 2.08. The third kappa shape index (κ3) is 5.48. The number of rotatable bonds is 6. The van der Waals surface area contributed by atoms with E-state index in [4.69, 9.17) is 0 Å². The minimum atomic E-state index is 0.780. The predicted octanol–water partition coefficient (Wildman–Crippen LogP) is 2.82. The van der Waals surface area contributed by atoms with Gasteiger partial charge in [0, 0.05) is 65.3 Å². The highest BCUT2D eigenvalue weighted by Crippen LogP contribution is 2.10. The molecule has 0 amide bonds. The smallest absolute Gasteiger partial charge is 0.194 e. The van der Waals surface area contributed by atoms with Crippen LogP contribution in [0.15, 0.2) is 78.3 Å². The van der Waals surface area contributed by atoms with E-state index < -0.39 is 0 Å². The molecule has 2 aromatic carbocycles. The van der Waals surface area contributed by atoms with Gasteiger partial charge in [-0.25, -0.2) is 4.98 Å². The van der Waals surface area contributed by atoms with Gasteiger partial charge in [-0.15, -0.1) is 0 Å². The lowest BCUT2D eigenvalue weighted by Gasteiger charge is -2.36. The highest BCUT2D eigenvalue weighted by Gasteiger charge is 2.19. The zero-order chi connectivity index (χ0) is 20.6. The van der Waals surface area contributed by atoms with Gasteiger partial charge in [0.05, 0.1) is 6.33 Å². The number of nitrogens with zero attached hydrogens (tertiary/aromatic N) is 5. The second-order valence-electron chi connectivity index (χ2n) is 7.70. The monoisotopic (exact) mass is 402 g/mol. The predicted molar refractivity (Wildman–Crippen MR) is 121 cm³/mol. The molecule has 0 aliphatic carbocycles. The van der Waals surface area contributed by atoms with E-state index >= 15 is 0 Å². The summed E-state index contributed by atoms with van der Waals surface area (Å²) in [6.45, 7) is 6.75. The Morgan fingerprint density at radius 2 is 1.60 bits per heavy atom. The van der Waals surface area contributed by atoms with E-state index in [2.05, 4.69) is 84.3 Å². The van der Waals surface area contributed by atoms with Crippen molar-refractivity contribution < 1.29 is 0 Å². The van der Waals surface area contributed by atoms with Crippen molar-refractivity contribution in [3.8, 4) is 0 Å². The van der Waals surface area contributed by atoms with E-state index in [9.17, 15) is 0 Å². The van der Waals surface area contributed by atoms with Crippen molar-refractivity contribution in [3.63, 3.8) is 0 Å². The molecule has 2 heterocycles. The Bertz CT molecular complexity index is 910. The molecule has 4 rings (SSSR count). The van der Waals surface area contributed by atoms with Crippen molar-refractivity contribution in [1.82, 2.24) is 24.7 Å². The van der Waals surface area contributed by atoms with Gasteiger partial charge in [-0.3, -0.25) is 9.89 Å². The first-order chi connectivity index (χ1) is 14.8. The van der Waals surface area contributed by atoms with E-state index in [0.717, 1.165) is 51.8 Å². The molecule has 1 aromatic heterocycles. The Kier molecular flexibility index (Phi) is 6.77. The summed E-state index contributed by atoms with van der Waals surface area (Å²) in [5.74, 6) is 0.983. The molecule has 1 saturated heterocycles. The Morgan fingerprint density at radius 3 is 2.27 bits per heavy atom. The minimum Gasteiger partial charge on any atom is -0.352 e. The summed E-state index contributed by atoms with van der Waals surface area (Å²) in [5.41, 5.74) is 3.91. The van der Waals surface area contributed by atoms with Crippen LogP contribution >= 0.6 is 0 Å². The Morgan fingerprint density at radius 1 is 0.900 bits per heavy atom. The second-order valence-corrected chi connectivity index (χ2v) is 7.70. The van der Waals surface area contributed by atoms with E-state index in [-0.39, 0.29) is 0 Å². The molecule has 3 aromatic rings. The van der Waals surface area contributed by atoms with Crippen LogP contribution in [-0.4, -0.2) is 58.5 Å². The lowest BCUT2D eigenvalue weighted by molar-refractivity contribution is 0.172. The van der Waals surface area contributed by atoms with Crippen molar-refractivity contribution in [3.05, 3.63) is 90.0 Å². The highest BCUT2D eigenvalue weighted by atomic mass is 15.3. The van der Waals surface area contributed by atoms with Crippen LogP contribution in [0.5, 0.6) is 0 Å². The first kappa shape index (κ1) is 20.2. The standard InChI is InChI=1S/C24H30N6/c1-25-24(30-15-13-28(14-16-30)18-22-5-3-2-4-6-22)27-17-21-7-9-23(10-8-21)19-29-12-11-26-20-29/h2-12,20H,13-19H2,1H3,(H,25,27). The number of imidazole rings is 1. The molecule has 30 heavy (non-hydrogen) atoms. The fraction of sp³-hybridized carbons (Fsp3) is 0.333. The van der Waals surface area contributed by atoms with E-state index in [1.807, 2.05) is 25.8 Å². The van der Waals surface area contributed by atoms with Crippen LogP contribution in [0.4, 0.5) is 0 Å². The number of hydrogen-bond donors (Lipinski definition) is 1. The Labute approximate surface area is 178 Å². The molecular formula is C24H30N6. The molecule has 6 heteroatoms. The average molecular weight is 403 g/mol. The normalized spacial score (nSPS) is 15.4. The van der Waals surface area contributed by atoms with Crippen LogP contribution in [0.2, 0.25) is 0 Å². The number of piperazine rings is 1. The number of aromatic nitrogens is 2. The summed E-state index contributed by atoms with van der Waals surface area (Å²) in [4.78, 5) is 13.5. The van der Waals surface area contributed by atoms with Gasteiger partial charge in [-0.1, -0.05) is 54.6 Å². The molecule has 0 saturated carbocycles. The zero-order valence-electron chi connectivity index (χ0n) is 17.6. The van der Waals surface area contributed by atoms with Crippen molar-refractivity contribution in [2.45, 2.75) is 19.6 Å². The molecule has 1 aliphatic heterocycles. The Balaban J connectivity index is 1.24. The van der Waals surface area contributed by atoms with Crippen LogP contribution in [0.3, 0.4) is 0 Å². The molecule has 6 nitrogen and oxygen atoms in total. The summed E-state index contributed by atoms with van der Waals surface area (Å²) >= 11 is 0. The van der Waals surface area contributed by atoms with E-state index in [1.54, 1.807) is 0 Å². The summed E-state index contributed by atoms with van der Waals surface area (Å²) in [6.07, 6.45) is 5.64. The fourth-order valence-electron chi connectivity index (χ4n) is 3.83. The fourth-order valence-corrected chi connectivity index (χ4v) is 3.83. The third-order valence-corrected chi connectivity index (χ3v) is 5.53. The maximum atomic E-state index is 4.51. The van der Waals surface area contributed by atoms with Gasteiger partial charge in [0.1, 0.15) is 0 Å². The zero-order valence-corrected chi connectivity index (χ0v) is 17.6. The summed E-state index contributed by atoms with van der Waals surface area (Å²) in [7, 11) is 1.87. The van der Waals surface area contributed by atoms with Gasteiger partial charge >= 0.3 is 0 Å². The molecule has 1 aliphatic rings. The maximum absolute atomic E-state index is 4.51. The molecule has 0 radical (unpaired) electrons. The van der Waals surface area contributed by atoms with Gasteiger partial charge in [0.2, 0.25) is 0 Å². The van der Waals surface area contributed by atoms with Gasteiger partial charge < -0.3 is 14.8 Å². The van der Waals surface area contributed by atoms with Crippen molar-refractivity contribution in [2.75, 3.05) is 33.2 Å². The minimum absolute atomic E-state index is 0.780. The lowest BCUT2D eigenvalue weighted by Crippen LogP contribution is -2.52. The number of benzene rings is 2. The Hall–Kier alpha value is -3.12. The van der Waals surface area contributed by atoms with Crippen molar-refractivity contribution in [1.29, 1.82) is 0 Å². The largest absolute Gasteiger partial charge is 0.352 e. The quantitative estimate of drug-likeness (QED) is 0.509. The second kappa shape index (κ2) is 10.1. The van der Waals surface area contributed by atoms with E-state index in [0.29, 0.717) is 0 Å². The number of aliphatic imine (C=N–C) groups is 1. The van der Waals surface area contributed by atoms with Crippen LogP contribution in [0.25, 0.3) is 0 Å². The SMILES string of the molecule is CN=C(NCc1ccc(Cn2ccnc2)cc1)N1CCN(Cc2ccccc2)CC1. The van der Waals surface area contributed by atoms with Crippen LogP contribution < -0.4 is 5.32 Å². The third-order valence-electron chi connectivity index (χ3n) is 5.53. The average Bonchev–Trinajstić information content (AvgIpc) is 3.30. The van der Waals surface area contributed by atoms with Gasteiger partial charge in [-0.05, 0) is 16.7 Å². The van der Waals surface area contributed by atoms with Crippen molar-refractivity contribution in [2.24, 2.45) is 4.99 Å². The van der Waals surface area contributed by atoms with Crippen LogP contribution in [0.1, 0.15) is 16.7 Å². The van der Waals surface area contributed by atoms with Gasteiger partial charge in [0.25, 0.3) is 0 Å². The van der Waals surface area contributed by atoms with Crippen LogP contribution in [-0.2, 0) is 19.6 Å². The number of nitrogens with one attached hydrogen (secondary N) is 1. The number of guanidine groups is 1.